The Balaban J connectivity index is 1.78. The molecule has 1 aliphatic heterocycles. The van der Waals surface area contributed by atoms with Crippen molar-refractivity contribution >= 4 is 29.4 Å². The van der Waals surface area contributed by atoms with E-state index in [9.17, 15) is 41.5 Å². The number of benzene rings is 1. The summed E-state index contributed by atoms with van der Waals surface area (Å²) in [4.78, 5) is 61.7. The largest absolute Gasteiger partial charge is 0.479 e. The molecule has 0 unspecified atom stereocenters. The van der Waals surface area contributed by atoms with E-state index in [2.05, 4.69) is 16.0 Å². The molecule has 0 bridgehead atoms. The first-order valence-electron chi connectivity index (χ1n) is 12.6. The van der Waals surface area contributed by atoms with E-state index in [0.29, 0.717) is 13.0 Å². The minimum absolute atomic E-state index is 0.0199. The van der Waals surface area contributed by atoms with E-state index in [4.69, 9.17) is 10.5 Å². The van der Waals surface area contributed by atoms with Crippen molar-refractivity contribution in [3.63, 3.8) is 0 Å². The minimum atomic E-state index is -1.85. The van der Waals surface area contributed by atoms with Crippen LogP contribution in [0.4, 0.5) is 17.6 Å². The van der Waals surface area contributed by atoms with Crippen LogP contribution in [-0.2, 0) is 24.0 Å². The van der Waals surface area contributed by atoms with Crippen LogP contribution >= 0.6 is 0 Å². The Bertz CT molecular complexity index is 1100. The van der Waals surface area contributed by atoms with Crippen molar-refractivity contribution in [1.29, 1.82) is 0 Å². The zero-order valence-electron chi connectivity index (χ0n) is 21.0. The van der Waals surface area contributed by atoms with Gasteiger partial charge in [0.1, 0.15) is 12.6 Å². The van der Waals surface area contributed by atoms with E-state index in [0.717, 1.165) is 32.1 Å². The molecule has 2 aliphatic rings. The number of hydrogen-bond acceptors (Lipinski definition) is 6. The lowest BCUT2D eigenvalue weighted by Gasteiger charge is -2.28. The number of halogens is 4. The van der Waals surface area contributed by atoms with Crippen LogP contribution in [0.1, 0.15) is 51.4 Å². The Morgan fingerprint density at radius 2 is 1.59 bits per heavy atom. The number of rotatable bonds is 11. The van der Waals surface area contributed by atoms with Crippen molar-refractivity contribution in [3.8, 4) is 5.75 Å². The smallest absolute Gasteiger partial charge is 0.309 e. The maximum absolute atomic E-state index is 14.0. The van der Waals surface area contributed by atoms with Gasteiger partial charge in [0.2, 0.25) is 23.4 Å². The summed E-state index contributed by atoms with van der Waals surface area (Å²) >= 11 is 0. The van der Waals surface area contributed by atoms with Gasteiger partial charge in [-0.3, -0.25) is 24.0 Å². The number of ketones is 1. The fourth-order valence-electron chi connectivity index (χ4n) is 4.84. The number of nitrogens with two attached hydrogens (primary N) is 1. The van der Waals surface area contributed by atoms with Gasteiger partial charge >= 0.3 is 11.8 Å². The lowest BCUT2D eigenvalue weighted by Crippen LogP contribution is -2.55. The number of carbonyl (C=O) groups is 5. The third-order valence-corrected chi connectivity index (χ3v) is 6.96. The summed E-state index contributed by atoms with van der Waals surface area (Å²) in [7, 11) is 0. The molecule has 1 heterocycles. The molecule has 14 heteroatoms. The van der Waals surface area contributed by atoms with E-state index < -0.39 is 77.1 Å². The highest BCUT2D eigenvalue weighted by atomic mass is 19.2. The van der Waals surface area contributed by atoms with E-state index in [1.54, 1.807) is 0 Å². The molecule has 214 valence electrons. The molecule has 0 radical (unpaired) electrons. The summed E-state index contributed by atoms with van der Waals surface area (Å²) in [6, 6.07) is -2.70. The van der Waals surface area contributed by atoms with Crippen LogP contribution in [0.15, 0.2) is 6.07 Å². The van der Waals surface area contributed by atoms with E-state index >= 15 is 0 Å². The number of ether oxygens (including phenoxy) is 1. The number of primary amides is 1. The molecule has 3 rings (SSSR count). The van der Waals surface area contributed by atoms with Crippen LogP contribution in [0.3, 0.4) is 0 Å². The molecule has 10 nitrogen and oxygen atoms in total. The fraction of sp³-hybridized carbons (Fsp3) is 0.560. The summed E-state index contributed by atoms with van der Waals surface area (Å²) in [6.45, 7) is -0.774. The monoisotopic (exact) mass is 558 g/mol. The molecule has 5 N–H and O–H groups in total. The molecule has 1 aliphatic carbocycles. The van der Waals surface area contributed by atoms with Gasteiger partial charge in [-0.05, 0) is 25.2 Å². The molecular weight excluding hydrogens is 528 g/mol. The molecular formula is C25H30F4N4O6. The van der Waals surface area contributed by atoms with Gasteiger partial charge in [0.25, 0.3) is 0 Å². The van der Waals surface area contributed by atoms with E-state index in [1.807, 2.05) is 0 Å². The van der Waals surface area contributed by atoms with Crippen LogP contribution < -0.4 is 26.4 Å². The Morgan fingerprint density at radius 3 is 2.15 bits per heavy atom. The van der Waals surface area contributed by atoms with Gasteiger partial charge in [0, 0.05) is 18.5 Å². The predicted octanol–water partition coefficient (Wildman–Crippen LogP) is 1.14. The lowest BCUT2D eigenvalue weighted by molar-refractivity contribution is -0.139. The van der Waals surface area contributed by atoms with Gasteiger partial charge in [0.05, 0.1) is 6.04 Å². The minimum Gasteiger partial charge on any atom is -0.479 e. The van der Waals surface area contributed by atoms with Crippen LogP contribution in [0.5, 0.6) is 5.75 Å². The zero-order chi connectivity index (χ0) is 28.7. The molecule has 1 aromatic rings. The summed E-state index contributed by atoms with van der Waals surface area (Å²) in [5.41, 5.74) is 5.02. The summed E-state index contributed by atoms with van der Waals surface area (Å²) in [5, 5.41) is 7.28. The molecule has 1 saturated carbocycles. The van der Waals surface area contributed by atoms with Gasteiger partial charge in [-0.15, -0.1) is 0 Å². The molecule has 1 saturated heterocycles. The fourth-order valence-corrected chi connectivity index (χ4v) is 4.84. The first kappa shape index (κ1) is 29.8. The van der Waals surface area contributed by atoms with Crippen molar-refractivity contribution in [3.05, 3.63) is 29.3 Å². The Kier molecular flexibility index (Phi) is 10.2. The Labute approximate surface area is 221 Å². The summed E-state index contributed by atoms with van der Waals surface area (Å²) < 4.78 is 59.8. The second-order valence-corrected chi connectivity index (χ2v) is 9.76. The number of carbonyl (C=O) groups excluding carboxylic acids is 5. The Hall–Kier alpha value is -3.71. The van der Waals surface area contributed by atoms with Crippen LogP contribution in [0, 0.1) is 35.1 Å². The van der Waals surface area contributed by atoms with Gasteiger partial charge in [0.15, 0.2) is 23.2 Å². The quantitative estimate of drug-likeness (QED) is 0.181. The van der Waals surface area contributed by atoms with Crippen LogP contribution in [-0.4, -0.2) is 54.6 Å². The van der Waals surface area contributed by atoms with Gasteiger partial charge in [-0.25, -0.2) is 8.78 Å². The second kappa shape index (κ2) is 13.4. The topological polar surface area (TPSA) is 157 Å². The van der Waals surface area contributed by atoms with Gasteiger partial charge in [-0.1, -0.05) is 32.1 Å². The average Bonchev–Trinajstić information content (AvgIpc) is 3.31. The maximum atomic E-state index is 14.0. The van der Waals surface area contributed by atoms with Crippen molar-refractivity contribution in [1.82, 2.24) is 16.0 Å². The maximum Gasteiger partial charge on any atom is 0.309 e. The standard InChI is InChI=1S/C25H30F4N4O6/c26-14-10-15(27)20(29)21(19(14)28)39-11-18(34)16(9-13-6-7-31-23(13)36)32-24(37)17(33-25(38)22(30)35)8-12-4-2-1-3-5-12/h10,12-13,16-17H,1-9,11H2,(H2,30,35)(H,31,36)(H,32,37)(H,33,38)/t13-,16-,17-/m0/s1. The summed E-state index contributed by atoms with van der Waals surface area (Å²) in [6.07, 6.45) is 4.72. The number of nitrogens with one attached hydrogen (secondary N) is 3. The molecule has 0 spiro atoms. The van der Waals surface area contributed by atoms with Crippen molar-refractivity contribution < 1.29 is 46.3 Å². The molecule has 3 atom stereocenters. The van der Waals surface area contributed by atoms with E-state index in [1.165, 1.54) is 0 Å². The first-order chi connectivity index (χ1) is 18.5. The van der Waals surface area contributed by atoms with Gasteiger partial charge in [-0.2, -0.15) is 8.78 Å². The molecule has 2 fully saturated rings. The SMILES string of the molecule is NC(=O)C(=O)N[C@@H](CC1CCCCC1)C(=O)N[C@@H](C[C@@H]1CCNC1=O)C(=O)COc1c(F)c(F)cc(F)c1F. The average molecular weight is 559 g/mol. The molecule has 39 heavy (non-hydrogen) atoms. The first-order valence-corrected chi connectivity index (χ1v) is 12.6. The molecule has 1 aromatic carbocycles. The zero-order valence-corrected chi connectivity index (χ0v) is 21.0. The summed E-state index contributed by atoms with van der Waals surface area (Å²) in [5.74, 6) is -14.0. The third kappa shape index (κ3) is 7.90. The normalized spacial score (nSPS) is 19.1. The van der Waals surface area contributed by atoms with Crippen molar-refractivity contribution in [2.45, 2.75) is 63.5 Å². The highest BCUT2D eigenvalue weighted by molar-refractivity contribution is 6.34. The van der Waals surface area contributed by atoms with E-state index in [-0.39, 0.29) is 30.7 Å². The number of amides is 4. The molecule has 0 aromatic heterocycles. The Morgan fingerprint density at radius 1 is 0.949 bits per heavy atom. The highest BCUT2D eigenvalue weighted by Gasteiger charge is 2.35. The molecule has 4 amide bonds. The van der Waals surface area contributed by atoms with Crippen molar-refractivity contribution in [2.75, 3.05) is 13.2 Å². The van der Waals surface area contributed by atoms with Crippen molar-refractivity contribution in [2.24, 2.45) is 17.6 Å². The highest BCUT2D eigenvalue weighted by Crippen LogP contribution is 2.28. The predicted molar refractivity (Wildman–Crippen MR) is 127 cm³/mol. The third-order valence-electron chi connectivity index (χ3n) is 6.96. The lowest BCUT2D eigenvalue weighted by atomic mass is 9.84. The van der Waals surface area contributed by atoms with Crippen LogP contribution in [0.25, 0.3) is 0 Å². The van der Waals surface area contributed by atoms with Crippen LogP contribution in [0.2, 0.25) is 0 Å². The second-order valence-electron chi connectivity index (χ2n) is 9.76. The van der Waals surface area contributed by atoms with Gasteiger partial charge < -0.3 is 26.4 Å². The number of hydrogen-bond donors (Lipinski definition) is 4. The number of Topliss-reactive ketones (excluding diaryl/α,β-unsaturated/α-hetero) is 1.